The van der Waals surface area contributed by atoms with Crippen LogP contribution in [-0.2, 0) is 0 Å². The van der Waals surface area contributed by atoms with Crippen LogP contribution in [0.5, 0.6) is 0 Å². The smallest absolute Gasteiger partial charge is 0.143 e. The van der Waals surface area contributed by atoms with E-state index in [1.165, 1.54) is 0 Å². The highest BCUT2D eigenvalue weighted by Gasteiger charge is 2.18. The molecule has 11 aromatic carbocycles. The molecular weight excluding hydrogens is 789 g/mol. The lowest BCUT2D eigenvalue weighted by molar-refractivity contribution is 0.674. The molecule has 0 aliphatic heterocycles. The van der Waals surface area contributed by atoms with E-state index in [0.717, 1.165) is 76.9 Å². The molecule has 0 unspecified atom stereocenters. The standard InChI is InChI=1S/C62H40N2O/c1-2-13-46-39-48(24-23-41(46)11-1)43-27-34-50(35-28-43)63(51-36-29-45(30-37-51)54-19-10-20-57-58-38-31-44-12-3-4-16-53(44)62(58)65-61(54)57)49-32-25-42(26-33-49)47-14-9-15-52(40-47)64-59-21-7-5-17-55(59)56-18-6-8-22-60(56)64/h1-40H/i1D,2D,11D,13D,23D,24D,27D,28D,34D,35D,39D. The zero-order valence-corrected chi connectivity index (χ0v) is 34.5. The first-order valence-corrected chi connectivity index (χ1v) is 21.4. The molecular formula is C62H40N2O. The van der Waals surface area contributed by atoms with Crippen molar-refractivity contribution in [3.8, 4) is 39.1 Å². The van der Waals surface area contributed by atoms with Crippen LogP contribution in [-0.4, -0.2) is 4.57 Å². The van der Waals surface area contributed by atoms with Crippen LogP contribution in [0.25, 0.3) is 104 Å². The second kappa shape index (κ2) is 15.0. The van der Waals surface area contributed by atoms with E-state index in [4.69, 9.17) is 12.6 Å². The molecule has 0 spiro atoms. The predicted molar refractivity (Wildman–Crippen MR) is 274 cm³/mol. The van der Waals surface area contributed by atoms with Crippen molar-refractivity contribution in [2.24, 2.45) is 0 Å². The highest BCUT2D eigenvalue weighted by Crippen LogP contribution is 2.42. The quantitative estimate of drug-likeness (QED) is 0.159. The third kappa shape index (κ3) is 6.20. The number of aromatic nitrogens is 1. The first-order valence-electron chi connectivity index (χ1n) is 26.9. The minimum Gasteiger partial charge on any atom is -0.455 e. The molecule has 0 radical (unpaired) electrons. The molecule has 13 rings (SSSR count). The Morgan fingerprint density at radius 1 is 0.369 bits per heavy atom. The van der Waals surface area contributed by atoms with Crippen LogP contribution in [0.2, 0.25) is 0 Å². The molecule has 65 heavy (non-hydrogen) atoms. The number of benzene rings is 11. The van der Waals surface area contributed by atoms with Gasteiger partial charge in [-0.2, -0.15) is 0 Å². The number of hydrogen-bond donors (Lipinski definition) is 0. The maximum atomic E-state index is 9.67. The van der Waals surface area contributed by atoms with Crippen LogP contribution in [0.4, 0.5) is 17.1 Å². The number of furan rings is 1. The second-order valence-electron chi connectivity index (χ2n) is 16.0. The Hall–Kier alpha value is -8.66. The zero-order valence-electron chi connectivity index (χ0n) is 45.5. The van der Waals surface area contributed by atoms with Crippen molar-refractivity contribution in [3.63, 3.8) is 0 Å². The minimum absolute atomic E-state index is 0.120. The maximum Gasteiger partial charge on any atom is 0.143 e. The van der Waals surface area contributed by atoms with Gasteiger partial charge in [-0.15, -0.1) is 0 Å². The van der Waals surface area contributed by atoms with Gasteiger partial charge >= 0.3 is 0 Å². The van der Waals surface area contributed by atoms with Crippen molar-refractivity contribution in [3.05, 3.63) is 242 Å². The van der Waals surface area contributed by atoms with E-state index in [1.54, 1.807) is 4.90 Å². The molecule has 0 N–H and O–H groups in total. The van der Waals surface area contributed by atoms with E-state index in [0.29, 0.717) is 17.0 Å². The SMILES string of the molecule is [2H]c1c([2H])c(N(c2ccc(-c3cccc(-n4c5ccccc5c5ccccc54)c3)cc2)c2ccc(-c3cccc4c3oc3c5ccccc5ccc43)cc2)c([2H])c([2H])c1-c1c([2H])c([2H])c2c([2H])c([2H])c([2H])c([2H])c2c1[2H]. The Morgan fingerprint density at radius 3 is 1.74 bits per heavy atom. The summed E-state index contributed by atoms with van der Waals surface area (Å²) in [6.07, 6.45) is 0. The summed E-state index contributed by atoms with van der Waals surface area (Å²) < 4.78 is 108. The predicted octanol–water partition coefficient (Wildman–Crippen LogP) is 17.5. The molecule has 0 aliphatic rings. The van der Waals surface area contributed by atoms with Crippen LogP contribution in [0, 0.1) is 0 Å². The summed E-state index contributed by atoms with van der Waals surface area (Å²) >= 11 is 0. The molecule has 3 heteroatoms. The van der Waals surface area contributed by atoms with Gasteiger partial charge in [-0.05, 0) is 117 Å². The Kier molecular flexibility index (Phi) is 6.33. The monoisotopic (exact) mass is 839 g/mol. The summed E-state index contributed by atoms with van der Waals surface area (Å²) in [4.78, 5) is 1.65. The average molecular weight is 840 g/mol. The number of para-hydroxylation sites is 3. The second-order valence-corrected chi connectivity index (χ2v) is 16.0. The van der Waals surface area contributed by atoms with Crippen LogP contribution < -0.4 is 4.90 Å². The summed E-state index contributed by atoms with van der Waals surface area (Å²) in [5, 5.41) is 5.65. The summed E-state index contributed by atoms with van der Waals surface area (Å²) in [5.74, 6) is 0. The van der Waals surface area contributed by atoms with Gasteiger partial charge in [0.05, 0.1) is 26.1 Å². The summed E-state index contributed by atoms with van der Waals surface area (Å²) in [6.45, 7) is 0. The van der Waals surface area contributed by atoms with Gasteiger partial charge in [0.15, 0.2) is 0 Å². The van der Waals surface area contributed by atoms with Crippen LogP contribution >= 0.6 is 0 Å². The summed E-state index contributed by atoms with van der Waals surface area (Å²) in [6, 6.07) is 51.9. The fraction of sp³-hybridized carbons (Fsp3) is 0. The number of nitrogens with zero attached hydrogens (tertiary/aromatic N) is 2. The molecule has 0 aliphatic carbocycles. The molecule has 2 heterocycles. The molecule has 0 fully saturated rings. The molecule has 304 valence electrons. The third-order valence-electron chi connectivity index (χ3n) is 12.3. The van der Waals surface area contributed by atoms with Crippen LogP contribution in [0.1, 0.15) is 15.1 Å². The topological polar surface area (TPSA) is 21.3 Å². The van der Waals surface area contributed by atoms with Gasteiger partial charge in [0, 0.05) is 55.2 Å². The molecule has 0 atom stereocenters. The number of hydrogen-bond acceptors (Lipinski definition) is 2. The maximum absolute atomic E-state index is 9.67. The van der Waals surface area contributed by atoms with E-state index in [9.17, 15) is 6.85 Å². The molecule has 0 bridgehead atoms. The molecule has 0 saturated carbocycles. The number of fused-ring (bicyclic) bond motifs is 9. The fourth-order valence-electron chi connectivity index (χ4n) is 9.23. The molecule has 13 aromatic rings. The van der Waals surface area contributed by atoms with E-state index < -0.39 is 77.6 Å². The Bertz CT molecular complexity index is 4520. The largest absolute Gasteiger partial charge is 0.455 e. The first kappa shape index (κ1) is 27.4. The van der Waals surface area contributed by atoms with Crippen molar-refractivity contribution >= 4 is 82.4 Å². The summed E-state index contributed by atoms with van der Waals surface area (Å²) in [5.41, 5.74) is 8.16. The van der Waals surface area contributed by atoms with Crippen molar-refractivity contribution in [2.45, 2.75) is 0 Å². The molecule has 0 saturated heterocycles. The normalized spacial score (nSPS) is 14.1. The Morgan fingerprint density at radius 2 is 0.985 bits per heavy atom. The van der Waals surface area contributed by atoms with Crippen molar-refractivity contribution in [1.82, 2.24) is 4.57 Å². The average Bonchev–Trinajstić information content (AvgIpc) is 4.07. The Labute approximate surface area is 391 Å². The lowest BCUT2D eigenvalue weighted by atomic mass is 10.00. The van der Waals surface area contributed by atoms with E-state index >= 15 is 0 Å². The van der Waals surface area contributed by atoms with E-state index in [-0.39, 0.29) is 16.5 Å². The van der Waals surface area contributed by atoms with E-state index in [1.807, 2.05) is 121 Å². The van der Waals surface area contributed by atoms with Gasteiger partial charge in [-0.1, -0.05) is 170 Å². The van der Waals surface area contributed by atoms with Gasteiger partial charge < -0.3 is 13.9 Å². The van der Waals surface area contributed by atoms with Crippen molar-refractivity contribution in [1.29, 1.82) is 0 Å². The van der Waals surface area contributed by atoms with E-state index in [2.05, 4.69) is 59.2 Å². The minimum atomic E-state index is -0.658. The molecule has 0 amide bonds. The summed E-state index contributed by atoms with van der Waals surface area (Å²) in [7, 11) is 0. The van der Waals surface area contributed by atoms with Gasteiger partial charge in [-0.25, -0.2) is 0 Å². The fourth-order valence-corrected chi connectivity index (χ4v) is 9.23. The zero-order chi connectivity index (χ0) is 52.4. The Balaban J connectivity index is 0.965. The number of rotatable bonds is 7. The molecule has 2 aromatic heterocycles. The highest BCUT2D eigenvalue weighted by atomic mass is 16.3. The number of anilines is 3. The van der Waals surface area contributed by atoms with Gasteiger partial charge in [0.1, 0.15) is 11.2 Å². The first-order chi connectivity index (χ1) is 36.8. The lowest BCUT2D eigenvalue weighted by Crippen LogP contribution is -2.09. The van der Waals surface area contributed by atoms with Gasteiger partial charge in [-0.3, -0.25) is 0 Å². The lowest BCUT2D eigenvalue weighted by Gasteiger charge is -2.26. The molecule has 3 nitrogen and oxygen atoms in total. The van der Waals surface area contributed by atoms with Gasteiger partial charge in [0.2, 0.25) is 0 Å². The van der Waals surface area contributed by atoms with Crippen molar-refractivity contribution < 1.29 is 19.5 Å². The van der Waals surface area contributed by atoms with Crippen molar-refractivity contribution in [2.75, 3.05) is 4.90 Å². The highest BCUT2D eigenvalue weighted by molar-refractivity contribution is 6.17. The van der Waals surface area contributed by atoms with Gasteiger partial charge in [0.25, 0.3) is 0 Å². The van der Waals surface area contributed by atoms with Crippen LogP contribution in [0.15, 0.2) is 247 Å². The third-order valence-corrected chi connectivity index (χ3v) is 12.3. The van der Waals surface area contributed by atoms with Crippen LogP contribution in [0.3, 0.4) is 0 Å².